The number of ether oxygens (including phenoxy) is 1. The van der Waals surface area contributed by atoms with Crippen molar-refractivity contribution in [3.8, 4) is 5.75 Å². The molecule has 1 amide bonds. The van der Waals surface area contributed by atoms with Crippen molar-refractivity contribution in [2.24, 2.45) is 5.73 Å². The summed E-state index contributed by atoms with van der Waals surface area (Å²) in [4.78, 5) is 14.3. The molecular formula is C17H28ClN3O4S. The highest BCUT2D eigenvalue weighted by Gasteiger charge is 2.29. The van der Waals surface area contributed by atoms with Gasteiger partial charge in [0.05, 0.1) is 18.0 Å². The molecule has 1 aromatic carbocycles. The number of nitrogens with zero attached hydrogens (tertiary/aromatic N) is 2. The highest BCUT2D eigenvalue weighted by molar-refractivity contribution is 7.89. The number of rotatable bonds is 6. The molecule has 1 fully saturated rings. The van der Waals surface area contributed by atoms with Crippen LogP contribution >= 0.6 is 12.4 Å². The van der Waals surface area contributed by atoms with Crippen LogP contribution in [0.15, 0.2) is 29.2 Å². The molecule has 0 spiro atoms. The molecule has 0 bridgehead atoms. The van der Waals surface area contributed by atoms with Gasteiger partial charge in [-0.25, -0.2) is 8.42 Å². The van der Waals surface area contributed by atoms with Crippen molar-refractivity contribution in [2.75, 3.05) is 33.3 Å². The first-order valence-corrected chi connectivity index (χ1v) is 10.0. The van der Waals surface area contributed by atoms with Crippen LogP contribution in [0.25, 0.3) is 0 Å². The van der Waals surface area contributed by atoms with E-state index in [1.165, 1.54) is 11.4 Å². The number of hydrogen-bond donors (Lipinski definition) is 1. The van der Waals surface area contributed by atoms with Crippen molar-refractivity contribution in [3.63, 3.8) is 0 Å². The summed E-state index contributed by atoms with van der Waals surface area (Å²) in [6.45, 7) is 3.55. The van der Waals surface area contributed by atoms with E-state index in [9.17, 15) is 13.2 Å². The van der Waals surface area contributed by atoms with Gasteiger partial charge in [-0.3, -0.25) is 4.79 Å². The van der Waals surface area contributed by atoms with E-state index in [0.29, 0.717) is 38.2 Å². The average Bonchev–Trinajstić information content (AvgIpc) is 2.88. The zero-order chi connectivity index (χ0) is 18.4. The van der Waals surface area contributed by atoms with Gasteiger partial charge < -0.3 is 15.4 Å². The summed E-state index contributed by atoms with van der Waals surface area (Å²) in [6.07, 6.45) is 2.09. The van der Waals surface area contributed by atoms with Crippen LogP contribution in [0.5, 0.6) is 5.75 Å². The lowest BCUT2D eigenvalue weighted by atomic mass is 10.1. The third-order valence-corrected chi connectivity index (χ3v) is 6.29. The minimum Gasteiger partial charge on any atom is -0.497 e. The van der Waals surface area contributed by atoms with Crippen LogP contribution in [0, 0.1) is 0 Å². The maximum atomic E-state index is 12.8. The van der Waals surface area contributed by atoms with Gasteiger partial charge in [-0.15, -0.1) is 12.4 Å². The van der Waals surface area contributed by atoms with Crippen LogP contribution in [-0.2, 0) is 14.8 Å². The number of amides is 1. The first-order chi connectivity index (χ1) is 11.9. The molecule has 1 aliphatic rings. The van der Waals surface area contributed by atoms with Gasteiger partial charge in [0.15, 0.2) is 0 Å². The molecular weight excluding hydrogens is 378 g/mol. The monoisotopic (exact) mass is 405 g/mol. The largest absolute Gasteiger partial charge is 0.497 e. The number of benzene rings is 1. The van der Waals surface area contributed by atoms with Crippen LogP contribution in [0.2, 0.25) is 0 Å². The lowest BCUT2D eigenvalue weighted by Gasteiger charge is -2.24. The number of halogens is 1. The maximum Gasteiger partial charge on any atom is 0.243 e. The summed E-state index contributed by atoms with van der Waals surface area (Å²) in [6, 6.07) is 5.84. The summed E-state index contributed by atoms with van der Waals surface area (Å²) in [7, 11) is -2.05. The Hall–Kier alpha value is -1.35. The molecule has 1 saturated heterocycles. The molecule has 1 unspecified atom stereocenters. The summed E-state index contributed by atoms with van der Waals surface area (Å²) in [5, 5.41) is 0. The molecule has 0 saturated carbocycles. The fourth-order valence-corrected chi connectivity index (χ4v) is 4.39. The SMILES string of the molecule is CCCC(N)C(=O)N1CCCN(S(=O)(=O)c2ccc(OC)cc2)CC1.Cl. The van der Waals surface area contributed by atoms with Gasteiger partial charge in [0.1, 0.15) is 5.75 Å². The first kappa shape index (κ1) is 22.7. The Balaban J connectivity index is 0.00000338. The van der Waals surface area contributed by atoms with Crippen LogP contribution in [0.4, 0.5) is 0 Å². The van der Waals surface area contributed by atoms with E-state index in [1.54, 1.807) is 29.2 Å². The Morgan fingerprint density at radius 3 is 2.42 bits per heavy atom. The Labute approximate surface area is 161 Å². The van der Waals surface area contributed by atoms with E-state index < -0.39 is 16.1 Å². The molecule has 7 nitrogen and oxygen atoms in total. The lowest BCUT2D eigenvalue weighted by Crippen LogP contribution is -2.45. The molecule has 1 aliphatic heterocycles. The van der Waals surface area contributed by atoms with Crippen molar-refractivity contribution in [1.29, 1.82) is 0 Å². The molecule has 1 atom stereocenters. The number of carbonyl (C=O) groups excluding carboxylic acids is 1. The molecule has 1 aromatic rings. The molecule has 0 radical (unpaired) electrons. The van der Waals surface area contributed by atoms with Gasteiger partial charge >= 0.3 is 0 Å². The molecule has 2 rings (SSSR count). The standard InChI is InChI=1S/C17H27N3O4S.ClH/c1-3-5-16(18)17(21)19-10-4-11-20(13-12-19)25(22,23)15-8-6-14(24-2)7-9-15;/h6-9,16H,3-5,10-13,18H2,1-2H3;1H. The maximum absolute atomic E-state index is 12.8. The molecule has 0 aromatic heterocycles. The Morgan fingerprint density at radius 2 is 1.85 bits per heavy atom. The highest BCUT2D eigenvalue weighted by Crippen LogP contribution is 2.21. The van der Waals surface area contributed by atoms with Crippen LogP contribution in [-0.4, -0.2) is 62.9 Å². The second-order valence-corrected chi connectivity index (χ2v) is 8.09. The lowest BCUT2D eigenvalue weighted by molar-refractivity contribution is -0.132. The molecule has 26 heavy (non-hydrogen) atoms. The quantitative estimate of drug-likeness (QED) is 0.773. The third kappa shape index (κ3) is 5.33. The molecule has 0 aliphatic carbocycles. The minimum atomic E-state index is -3.58. The number of sulfonamides is 1. The van der Waals surface area contributed by atoms with Crippen LogP contribution in [0.3, 0.4) is 0 Å². The number of nitrogens with two attached hydrogens (primary N) is 1. The Morgan fingerprint density at radius 1 is 1.19 bits per heavy atom. The van der Waals surface area contributed by atoms with Crippen LogP contribution < -0.4 is 10.5 Å². The summed E-state index contributed by atoms with van der Waals surface area (Å²) in [5.41, 5.74) is 5.91. The summed E-state index contributed by atoms with van der Waals surface area (Å²) < 4.78 is 32.1. The second-order valence-electron chi connectivity index (χ2n) is 6.15. The summed E-state index contributed by atoms with van der Waals surface area (Å²) in [5.74, 6) is 0.516. The zero-order valence-corrected chi connectivity index (χ0v) is 16.9. The van der Waals surface area contributed by atoms with Gasteiger partial charge in [0.25, 0.3) is 0 Å². The van der Waals surface area contributed by atoms with Crippen molar-refractivity contribution in [3.05, 3.63) is 24.3 Å². The predicted octanol–water partition coefficient (Wildman–Crippen LogP) is 1.47. The summed E-state index contributed by atoms with van der Waals surface area (Å²) >= 11 is 0. The first-order valence-electron chi connectivity index (χ1n) is 8.58. The van der Waals surface area contributed by atoms with Crippen molar-refractivity contribution in [1.82, 2.24) is 9.21 Å². The van der Waals surface area contributed by atoms with Crippen molar-refractivity contribution in [2.45, 2.75) is 37.1 Å². The number of methoxy groups -OCH3 is 1. The normalized spacial score (nSPS) is 17.1. The fraction of sp³-hybridized carbons (Fsp3) is 0.588. The second kappa shape index (κ2) is 10.1. The number of carbonyl (C=O) groups is 1. The molecule has 148 valence electrons. The third-order valence-electron chi connectivity index (χ3n) is 4.38. The van der Waals surface area contributed by atoms with Gasteiger partial charge in [-0.1, -0.05) is 13.3 Å². The molecule has 1 heterocycles. The Kier molecular flexibility index (Phi) is 8.82. The average molecular weight is 406 g/mol. The van der Waals surface area contributed by atoms with E-state index in [1.807, 2.05) is 6.92 Å². The van der Waals surface area contributed by atoms with E-state index in [4.69, 9.17) is 10.5 Å². The van der Waals surface area contributed by atoms with E-state index in [-0.39, 0.29) is 29.8 Å². The van der Waals surface area contributed by atoms with Gasteiger partial charge in [0, 0.05) is 26.2 Å². The molecule has 9 heteroatoms. The number of hydrogen-bond acceptors (Lipinski definition) is 5. The fourth-order valence-electron chi connectivity index (χ4n) is 2.92. The van der Waals surface area contributed by atoms with Gasteiger partial charge in [0.2, 0.25) is 15.9 Å². The van der Waals surface area contributed by atoms with Gasteiger partial charge in [-0.05, 0) is 37.1 Å². The van der Waals surface area contributed by atoms with Crippen molar-refractivity contribution < 1.29 is 17.9 Å². The van der Waals surface area contributed by atoms with E-state index in [2.05, 4.69) is 0 Å². The predicted molar refractivity (Wildman–Crippen MR) is 103 cm³/mol. The van der Waals surface area contributed by atoms with Crippen LogP contribution in [0.1, 0.15) is 26.2 Å². The topological polar surface area (TPSA) is 92.9 Å². The Bertz CT molecular complexity index is 682. The van der Waals surface area contributed by atoms with Gasteiger partial charge in [-0.2, -0.15) is 4.31 Å². The van der Waals surface area contributed by atoms with E-state index >= 15 is 0 Å². The highest BCUT2D eigenvalue weighted by atomic mass is 35.5. The minimum absolute atomic E-state index is 0. The van der Waals surface area contributed by atoms with Crippen molar-refractivity contribution >= 4 is 28.3 Å². The van der Waals surface area contributed by atoms with E-state index in [0.717, 1.165) is 6.42 Å². The molecule has 2 N–H and O–H groups in total. The smallest absolute Gasteiger partial charge is 0.243 e. The zero-order valence-electron chi connectivity index (χ0n) is 15.3.